The number of aliphatic hydroxyl groups is 1. The van der Waals surface area contributed by atoms with Gasteiger partial charge in [0.15, 0.2) is 5.76 Å². The zero-order valence-corrected chi connectivity index (χ0v) is 17.2. The van der Waals surface area contributed by atoms with Crippen LogP contribution in [0.25, 0.3) is 0 Å². The molecule has 1 atom stereocenters. The van der Waals surface area contributed by atoms with E-state index < -0.39 is 0 Å². The summed E-state index contributed by atoms with van der Waals surface area (Å²) in [6, 6.07) is 6.21. The van der Waals surface area contributed by atoms with E-state index in [9.17, 15) is 9.90 Å². The predicted molar refractivity (Wildman–Crippen MR) is 111 cm³/mol. The molecule has 3 rings (SSSR count). The van der Waals surface area contributed by atoms with Gasteiger partial charge in [-0.15, -0.1) is 0 Å². The van der Waals surface area contributed by atoms with Crippen molar-refractivity contribution in [1.29, 1.82) is 0 Å². The first kappa shape index (κ1) is 20.2. The van der Waals surface area contributed by atoms with Gasteiger partial charge in [-0.25, -0.2) is 4.98 Å². The van der Waals surface area contributed by atoms with Crippen LogP contribution in [0.3, 0.4) is 0 Å². The second kappa shape index (κ2) is 9.09. The quantitative estimate of drug-likeness (QED) is 0.631. The van der Waals surface area contributed by atoms with Crippen LogP contribution in [0.1, 0.15) is 61.8 Å². The Morgan fingerprint density at radius 3 is 2.61 bits per heavy atom. The van der Waals surface area contributed by atoms with Gasteiger partial charge in [-0.1, -0.05) is 38.0 Å². The minimum atomic E-state index is -0.236. The van der Waals surface area contributed by atoms with Crippen LogP contribution < -0.4 is 0 Å². The normalized spacial score (nSPS) is 17.0. The van der Waals surface area contributed by atoms with Crippen molar-refractivity contribution in [2.45, 2.75) is 65.5 Å². The Morgan fingerprint density at radius 1 is 1.11 bits per heavy atom. The van der Waals surface area contributed by atoms with Crippen LogP contribution >= 0.6 is 0 Å². The van der Waals surface area contributed by atoms with Crippen molar-refractivity contribution in [1.82, 2.24) is 14.5 Å². The molecule has 1 aliphatic rings. The maximum atomic E-state index is 12.9. The van der Waals surface area contributed by atoms with E-state index in [2.05, 4.69) is 44.0 Å². The van der Waals surface area contributed by atoms with Crippen molar-refractivity contribution in [2.24, 2.45) is 0 Å². The second-order valence-electron chi connectivity index (χ2n) is 7.73. The lowest BCUT2D eigenvalue weighted by Crippen LogP contribution is -2.32. The highest BCUT2D eigenvalue weighted by atomic mass is 16.3. The fourth-order valence-corrected chi connectivity index (χ4v) is 3.92. The Morgan fingerprint density at radius 2 is 1.93 bits per heavy atom. The van der Waals surface area contributed by atoms with Gasteiger partial charge in [0.05, 0.1) is 12.4 Å². The number of imidazole rings is 1. The van der Waals surface area contributed by atoms with E-state index in [4.69, 9.17) is 0 Å². The summed E-state index contributed by atoms with van der Waals surface area (Å²) >= 11 is 0. The summed E-state index contributed by atoms with van der Waals surface area (Å²) in [5.74, 6) is -0.276. The lowest BCUT2D eigenvalue weighted by atomic mass is 9.93. The molecule has 5 nitrogen and oxygen atoms in total. The van der Waals surface area contributed by atoms with Crippen molar-refractivity contribution in [3.05, 3.63) is 64.9 Å². The van der Waals surface area contributed by atoms with E-state index in [1.807, 2.05) is 15.7 Å². The summed E-state index contributed by atoms with van der Waals surface area (Å²) in [5, 5.41) is 10.6. The number of carbonyl (C=O) groups is 1. The number of amides is 1. The van der Waals surface area contributed by atoms with Crippen LogP contribution in [0, 0.1) is 13.8 Å². The van der Waals surface area contributed by atoms with E-state index in [1.54, 1.807) is 12.5 Å². The van der Waals surface area contributed by atoms with Crippen molar-refractivity contribution in [3.8, 4) is 0 Å². The zero-order valence-electron chi connectivity index (χ0n) is 17.2. The Hall–Kier alpha value is -2.56. The Balaban J connectivity index is 1.83. The van der Waals surface area contributed by atoms with Gasteiger partial charge < -0.3 is 14.6 Å². The molecule has 28 heavy (non-hydrogen) atoms. The molecule has 1 unspecified atom stereocenters. The van der Waals surface area contributed by atoms with Crippen molar-refractivity contribution in [2.75, 3.05) is 6.54 Å². The Kier molecular flexibility index (Phi) is 6.55. The van der Waals surface area contributed by atoms with E-state index in [1.165, 1.54) is 11.1 Å². The molecular formula is C23H31N3O2. The SMILES string of the molecule is CCCCCC1=C(O)C(=O)N(CCCn2ccnc2)C1c1ccc(C)c(C)c1. The summed E-state index contributed by atoms with van der Waals surface area (Å²) in [4.78, 5) is 18.8. The van der Waals surface area contributed by atoms with Gasteiger partial charge in [0.2, 0.25) is 0 Å². The van der Waals surface area contributed by atoms with Crippen LogP contribution in [-0.4, -0.2) is 32.0 Å². The van der Waals surface area contributed by atoms with E-state index in [0.29, 0.717) is 6.54 Å². The summed E-state index contributed by atoms with van der Waals surface area (Å²) < 4.78 is 2.01. The number of aliphatic hydroxyl groups excluding tert-OH is 1. The molecule has 1 aliphatic heterocycles. The van der Waals surface area contributed by atoms with Gasteiger partial charge >= 0.3 is 0 Å². The smallest absolute Gasteiger partial charge is 0.289 e. The van der Waals surface area contributed by atoms with Crippen LogP contribution in [0.15, 0.2) is 48.3 Å². The van der Waals surface area contributed by atoms with Crippen molar-refractivity contribution in [3.63, 3.8) is 0 Å². The van der Waals surface area contributed by atoms with Gasteiger partial charge in [0.25, 0.3) is 5.91 Å². The minimum Gasteiger partial charge on any atom is -0.503 e. The molecule has 0 aliphatic carbocycles. The molecule has 1 N–H and O–H groups in total. The fourth-order valence-electron chi connectivity index (χ4n) is 3.92. The molecule has 2 heterocycles. The number of nitrogens with zero attached hydrogens (tertiary/aromatic N) is 3. The number of benzene rings is 1. The molecular weight excluding hydrogens is 350 g/mol. The highest BCUT2D eigenvalue weighted by Gasteiger charge is 2.39. The van der Waals surface area contributed by atoms with Gasteiger partial charge in [0.1, 0.15) is 0 Å². The molecule has 1 aromatic heterocycles. The van der Waals surface area contributed by atoms with Gasteiger partial charge in [-0.3, -0.25) is 4.79 Å². The molecule has 0 fully saturated rings. The number of hydrogen-bond donors (Lipinski definition) is 1. The first-order chi connectivity index (χ1) is 13.5. The minimum absolute atomic E-state index is 0.0399. The highest BCUT2D eigenvalue weighted by Crippen LogP contribution is 2.40. The van der Waals surface area contributed by atoms with Crippen LogP contribution in [0.4, 0.5) is 0 Å². The number of rotatable bonds is 9. The number of carbonyl (C=O) groups excluding carboxylic acids is 1. The number of aromatic nitrogens is 2. The molecule has 0 saturated carbocycles. The molecule has 0 spiro atoms. The monoisotopic (exact) mass is 381 g/mol. The van der Waals surface area contributed by atoms with Gasteiger partial charge in [-0.2, -0.15) is 0 Å². The fraction of sp³-hybridized carbons (Fsp3) is 0.478. The Bertz CT molecular complexity index is 840. The largest absolute Gasteiger partial charge is 0.503 e. The third kappa shape index (κ3) is 4.29. The number of aryl methyl sites for hydroxylation is 3. The predicted octanol–water partition coefficient (Wildman–Crippen LogP) is 4.87. The van der Waals surface area contributed by atoms with E-state index in [0.717, 1.165) is 49.8 Å². The molecule has 0 saturated heterocycles. The van der Waals surface area contributed by atoms with Crippen molar-refractivity contribution < 1.29 is 9.90 Å². The average molecular weight is 382 g/mol. The third-order valence-electron chi connectivity index (χ3n) is 5.68. The summed E-state index contributed by atoms with van der Waals surface area (Å²) in [6.45, 7) is 7.76. The molecule has 150 valence electrons. The maximum Gasteiger partial charge on any atom is 0.289 e. The standard InChI is InChI=1S/C23H31N3O2/c1-4-5-6-8-20-21(19-10-9-17(2)18(3)15-19)26(23(28)22(20)27)13-7-12-25-14-11-24-16-25/h9-11,14-16,21,27H,4-8,12-13H2,1-3H3. The van der Waals surface area contributed by atoms with Crippen LogP contribution in [0.2, 0.25) is 0 Å². The zero-order chi connectivity index (χ0) is 20.1. The van der Waals surface area contributed by atoms with Crippen molar-refractivity contribution >= 4 is 5.91 Å². The number of hydrogen-bond acceptors (Lipinski definition) is 3. The number of unbranched alkanes of at least 4 members (excludes halogenated alkanes) is 2. The van der Waals surface area contributed by atoms with E-state index >= 15 is 0 Å². The first-order valence-corrected chi connectivity index (χ1v) is 10.3. The molecule has 2 aromatic rings. The summed E-state index contributed by atoms with van der Waals surface area (Å²) in [7, 11) is 0. The highest BCUT2D eigenvalue weighted by molar-refractivity contribution is 5.95. The second-order valence-corrected chi connectivity index (χ2v) is 7.73. The maximum absolute atomic E-state index is 12.9. The molecule has 0 bridgehead atoms. The van der Waals surface area contributed by atoms with Gasteiger partial charge in [-0.05, 0) is 49.8 Å². The molecule has 1 aromatic carbocycles. The van der Waals surface area contributed by atoms with Crippen LogP contribution in [-0.2, 0) is 11.3 Å². The van der Waals surface area contributed by atoms with Crippen LogP contribution in [0.5, 0.6) is 0 Å². The molecule has 5 heteroatoms. The van der Waals surface area contributed by atoms with Gasteiger partial charge in [0, 0.05) is 31.1 Å². The summed E-state index contributed by atoms with van der Waals surface area (Å²) in [5.41, 5.74) is 4.42. The lowest BCUT2D eigenvalue weighted by molar-refractivity contribution is -0.129. The summed E-state index contributed by atoms with van der Waals surface area (Å²) in [6.07, 6.45) is 10.3. The topological polar surface area (TPSA) is 58.4 Å². The molecule has 0 radical (unpaired) electrons. The lowest BCUT2D eigenvalue weighted by Gasteiger charge is -2.28. The van der Waals surface area contributed by atoms with E-state index in [-0.39, 0.29) is 17.7 Å². The Labute approximate surface area is 167 Å². The first-order valence-electron chi connectivity index (χ1n) is 10.3. The average Bonchev–Trinajstić information content (AvgIpc) is 3.27. The third-order valence-corrected chi connectivity index (χ3v) is 5.68. The molecule has 1 amide bonds.